The summed E-state index contributed by atoms with van der Waals surface area (Å²) in [5.74, 6) is -1.33. The second-order valence-electron chi connectivity index (χ2n) is 7.08. The topological polar surface area (TPSA) is 148 Å². The van der Waals surface area contributed by atoms with Crippen LogP contribution in [0, 0.1) is 11.8 Å². The molecule has 8 heteroatoms. The molecule has 150 valence electrons. The van der Waals surface area contributed by atoms with Crippen molar-refractivity contribution in [1.29, 1.82) is 0 Å². The van der Waals surface area contributed by atoms with Crippen molar-refractivity contribution in [3.05, 3.63) is 0 Å². The van der Waals surface area contributed by atoms with Crippen molar-refractivity contribution >= 4 is 17.6 Å². The summed E-state index contributed by atoms with van der Waals surface area (Å²) in [5, 5.41) is 15.1. The van der Waals surface area contributed by atoms with E-state index >= 15 is 0 Å². The molecule has 0 aromatic heterocycles. The van der Waals surface area contributed by atoms with E-state index in [1.54, 1.807) is 6.92 Å². The Morgan fingerprint density at radius 3 is 2.12 bits per heavy atom. The molecule has 1 fully saturated rings. The van der Waals surface area contributed by atoms with Crippen LogP contribution in [0.1, 0.15) is 52.4 Å². The van der Waals surface area contributed by atoms with Gasteiger partial charge in [-0.25, -0.2) is 0 Å². The maximum absolute atomic E-state index is 12.7. The van der Waals surface area contributed by atoms with Gasteiger partial charge in [-0.15, -0.1) is 0 Å². The lowest BCUT2D eigenvalue weighted by molar-refractivity contribution is -0.135. The smallest absolute Gasteiger partial charge is 0.245 e. The molecule has 1 aliphatic carbocycles. The van der Waals surface area contributed by atoms with Crippen molar-refractivity contribution in [2.45, 2.75) is 70.6 Å². The summed E-state index contributed by atoms with van der Waals surface area (Å²) in [6.07, 6.45) is 4.34. The number of carbonyl (C=O) groups excluding carboxylic acids is 3. The number of hydrogen-bond donors (Lipinski definition) is 5. The van der Waals surface area contributed by atoms with E-state index in [9.17, 15) is 19.5 Å². The van der Waals surface area contributed by atoms with E-state index in [2.05, 4.69) is 10.6 Å². The lowest BCUT2D eigenvalue weighted by Crippen LogP contribution is -2.58. The van der Waals surface area contributed by atoms with Crippen LogP contribution in [0.4, 0.5) is 0 Å². The molecule has 0 heterocycles. The van der Waals surface area contributed by atoms with Crippen LogP contribution >= 0.6 is 0 Å². The molecule has 0 aromatic carbocycles. The number of ketones is 1. The lowest BCUT2D eigenvalue weighted by Gasteiger charge is -2.31. The molecule has 8 nitrogen and oxygen atoms in total. The average molecular weight is 370 g/mol. The number of Topliss-reactive ketones (excluding diaryl/α,β-unsaturated/α-hetero) is 1. The van der Waals surface area contributed by atoms with E-state index in [0.29, 0.717) is 0 Å². The van der Waals surface area contributed by atoms with Crippen LogP contribution in [0.5, 0.6) is 0 Å². The summed E-state index contributed by atoms with van der Waals surface area (Å²) >= 11 is 0. The van der Waals surface area contributed by atoms with Gasteiger partial charge >= 0.3 is 0 Å². The summed E-state index contributed by atoms with van der Waals surface area (Å²) in [4.78, 5) is 36.9. The van der Waals surface area contributed by atoms with E-state index in [0.717, 1.165) is 25.7 Å². The zero-order valence-electron chi connectivity index (χ0n) is 15.9. The van der Waals surface area contributed by atoms with E-state index in [1.807, 2.05) is 0 Å². The largest absolute Gasteiger partial charge is 0.391 e. The summed E-state index contributed by atoms with van der Waals surface area (Å²) < 4.78 is 0. The number of hydrogen-bond acceptors (Lipinski definition) is 6. The van der Waals surface area contributed by atoms with Gasteiger partial charge in [0.2, 0.25) is 11.8 Å². The molecule has 0 aliphatic heterocycles. The minimum Gasteiger partial charge on any atom is -0.391 e. The van der Waals surface area contributed by atoms with Crippen LogP contribution in [0.15, 0.2) is 0 Å². The van der Waals surface area contributed by atoms with Gasteiger partial charge in [0.15, 0.2) is 5.78 Å². The van der Waals surface area contributed by atoms with Crippen molar-refractivity contribution in [3.8, 4) is 0 Å². The molecule has 2 amide bonds. The fraction of sp³-hybridized carbons (Fsp3) is 0.833. The Morgan fingerprint density at radius 2 is 1.65 bits per heavy atom. The van der Waals surface area contributed by atoms with Crippen molar-refractivity contribution in [2.75, 3.05) is 13.1 Å². The fourth-order valence-electron chi connectivity index (χ4n) is 3.49. The molecule has 1 aliphatic rings. The van der Waals surface area contributed by atoms with E-state index in [-0.39, 0.29) is 43.0 Å². The Hall–Kier alpha value is -1.51. The predicted octanol–water partition coefficient (Wildman–Crippen LogP) is -0.570. The maximum atomic E-state index is 12.7. The molecule has 0 aromatic rings. The Balaban J connectivity index is 2.77. The number of aliphatic hydroxyl groups is 1. The normalized spacial score (nSPS) is 19.9. The third-order valence-corrected chi connectivity index (χ3v) is 5.16. The molecule has 0 radical (unpaired) electrons. The first kappa shape index (κ1) is 22.5. The highest BCUT2D eigenvalue weighted by Gasteiger charge is 2.33. The van der Waals surface area contributed by atoms with Gasteiger partial charge in [0.25, 0.3) is 0 Å². The van der Waals surface area contributed by atoms with Gasteiger partial charge in [0.1, 0.15) is 6.04 Å². The van der Waals surface area contributed by atoms with Crippen molar-refractivity contribution < 1.29 is 19.5 Å². The van der Waals surface area contributed by atoms with Gasteiger partial charge in [0.05, 0.1) is 18.1 Å². The molecular weight excluding hydrogens is 336 g/mol. The van der Waals surface area contributed by atoms with E-state index in [1.165, 1.54) is 13.3 Å². The molecule has 0 bridgehead atoms. The SMILES string of the molecule is CCC(=O)[C@H](CN)NC(=O)[C@@H](NC(=O)C(CN)C1CCCCC1)C(C)O. The first-order valence-corrected chi connectivity index (χ1v) is 9.57. The maximum Gasteiger partial charge on any atom is 0.245 e. The summed E-state index contributed by atoms with van der Waals surface area (Å²) in [6.45, 7) is 3.26. The highest BCUT2D eigenvalue weighted by atomic mass is 16.3. The van der Waals surface area contributed by atoms with Gasteiger partial charge in [0, 0.05) is 19.5 Å². The zero-order chi connectivity index (χ0) is 19.7. The Morgan fingerprint density at radius 1 is 1.04 bits per heavy atom. The van der Waals surface area contributed by atoms with Gasteiger partial charge in [-0.3, -0.25) is 14.4 Å². The summed E-state index contributed by atoms with van der Waals surface area (Å²) in [6, 6.07) is -1.98. The first-order chi connectivity index (χ1) is 12.3. The Kier molecular flexibility index (Phi) is 9.75. The standard InChI is InChI=1S/C18H34N4O4/c1-3-15(24)14(10-20)21-18(26)16(11(2)23)22-17(25)13(9-19)12-7-5-4-6-8-12/h11-14,16,23H,3-10,19-20H2,1-2H3,(H,21,26)(H,22,25)/t11?,13?,14-,16-/m0/s1. The molecule has 1 saturated carbocycles. The highest BCUT2D eigenvalue weighted by molar-refractivity contribution is 5.93. The van der Waals surface area contributed by atoms with Crippen LogP contribution in [0.25, 0.3) is 0 Å². The molecule has 0 spiro atoms. The van der Waals surface area contributed by atoms with Crippen LogP contribution in [-0.4, -0.2) is 54.0 Å². The fourth-order valence-corrected chi connectivity index (χ4v) is 3.49. The first-order valence-electron chi connectivity index (χ1n) is 9.57. The van der Waals surface area contributed by atoms with Gasteiger partial charge < -0.3 is 27.2 Å². The minimum atomic E-state index is -1.15. The number of aliphatic hydroxyl groups excluding tert-OH is 1. The monoisotopic (exact) mass is 370 g/mol. The second-order valence-corrected chi connectivity index (χ2v) is 7.08. The third-order valence-electron chi connectivity index (χ3n) is 5.16. The average Bonchev–Trinajstić information content (AvgIpc) is 2.64. The summed E-state index contributed by atoms with van der Waals surface area (Å²) in [7, 11) is 0. The molecule has 2 unspecified atom stereocenters. The van der Waals surface area contributed by atoms with Gasteiger partial charge in [-0.1, -0.05) is 26.2 Å². The van der Waals surface area contributed by atoms with Gasteiger partial charge in [-0.05, 0) is 25.7 Å². The Bertz CT molecular complexity index is 478. The number of rotatable bonds is 10. The van der Waals surface area contributed by atoms with Gasteiger partial charge in [-0.2, -0.15) is 0 Å². The predicted molar refractivity (Wildman–Crippen MR) is 99.0 cm³/mol. The number of carbonyl (C=O) groups is 3. The number of nitrogens with one attached hydrogen (secondary N) is 2. The molecule has 26 heavy (non-hydrogen) atoms. The number of amides is 2. The van der Waals surface area contributed by atoms with E-state index < -0.39 is 24.1 Å². The summed E-state index contributed by atoms with van der Waals surface area (Å²) in [5.41, 5.74) is 11.3. The number of nitrogens with two attached hydrogens (primary N) is 2. The van der Waals surface area contributed by atoms with Crippen molar-refractivity contribution in [1.82, 2.24) is 10.6 Å². The molecule has 0 saturated heterocycles. The van der Waals surface area contributed by atoms with Crippen molar-refractivity contribution in [3.63, 3.8) is 0 Å². The second kappa shape index (κ2) is 11.3. The van der Waals surface area contributed by atoms with E-state index in [4.69, 9.17) is 11.5 Å². The third kappa shape index (κ3) is 6.34. The molecule has 4 atom stereocenters. The van der Waals surface area contributed by atoms with Crippen molar-refractivity contribution in [2.24, 2.45) is 23.3 Å². The van der Waals surface area contributed by atoms with Crippen LogP contribution < -0.4 is 22.1 Å². The molecular formula is C18H34N4O4. The minimum absolute atomic E-state index is 0.0353. The highest BCUT2D eigenvalue weighted by Crippen LogP contribution is 2.29. The Labute approximate surface area is 155 Å². The van der Waals surface area contributed by atoms with Crippen LogP contribution in [0.2, 0.25) is 0 Å². The van der Waals surface area contributed by atoms with Crippen LogP contribution in [0.3, 0.4) is 0 Å². The zero-order valence-corrected chi connectivity index (χ0v) is 15.9. The quantitative estimate of drug-likeness (QED) is 0.348. The lowest BCUT2D eigenvalue weighted by atomic mass is 9.79. The molecule has 1 rings (SSSR count). The molecule has 7 N–H and O–H groups in total. The van der Waals surface area contributed by atoms with Crippen LogP contribution in [-0.2, 0) is 14.4 Å².